The molecule has 0 aliphatic heterocycles. The Bertz CT molecular complexity index is 1040. The SMILES string of the molecule is Cc1cccc(Cn2cccc(C(=O)Nc3ncc([N+](=O)[O-])s3)c2=O)c1. The number of thiazole rings is 1. The van der Waals surface area contributed by atoms with Crippen LogP contribution in [0, 0.1) is 17.0 Å². The first-order valence-electron chi connectivity index (χ1n) is 7.60. The number of amides is 1. The molecule has 1 amide bonds. The van der Waals surface area contributed by atoms with Crippen molar-refractivity contribution in [2.24, 2.45) is 0 Å². The molecule has 0 unspecified atom stereocenters. The highest BCUT2D eigenvalue weighted by Crippen LogP contribution is 2.25. The van der Waals surface area contributed by atoms with E-state index in [1.807, 2.05) is 31.2 Å². The normalized spacial score (nSPS) is 10.5. The van der Waals surface area contributed by atoms with Gasteiger partial charge in [0.2, 0.25) is 0 Å². The largest absolute Gasteiger partial charge is 0.345 e. The molecule has 0 fully saturated rings. The van der Waals surface area contributed by atoms with E-state index in [1.165, 1.54) is 10.6 Å². The lowest BCUT2D eigenvalue weighted by atomic mass is 10.1. The summed E-state index contributed by atoms with van der Waals surface area (Å²) in [6, 6.07) is 10.8. The molecule has 132 valence electrons. The molecule has 2 heterocycles. The Balaban J connectivity index is 1.82. The minimum absolute atomic E-state index is 0.0574. The summed E-state index contributed by atoms with van der Waals surface area (Å²) in [5, 5.41) is 13.0. The first kappa shape index (κ1) is 17.5. The van der Waals surface area contributed by atoms with Crippen molar-refractivity contribution in [3.63, 3.8) is 0 Å². The molecule has 0 aliphatic carbocycles. The number of anilines is 1. The number of benzene rings is 1. The molecular formula is C17H14N4O4S. The standard InChI is InChI=1S/C17H14N4O4S/c1-11-4-2-5-12(8-11)10-20-7-3-6-13(16(20)23)15(22)19-17-18-9-14(26-17)21(24)25/h2-9H,10H2,1H3,(H,18,19,22). The van der Waals surface area contributed by atoms with E-state index in [4.69, 9.17) is 0 Å². The molecular weight excluding hydrogens is 356 g/mol. The van der Waals surface area contributed by atoms with Gasteiger partial charge in [0.15, 0.2) is 5.13 Å². The van der Waals surface area contributed by atoms with Gasteiger partial charge < -0.3 is 4.57 Å². The Morgan fingerprint density at radius 1 is 1.35 bits per heavy atom. The first-order chi connectivity index (χ1) is 12.4. The Kier molecular flexibility index (Phi) is 4.90. The lowest BCUT2D eigenvalue weighted by Crippen LogP contribution is -2.29. The average Bonchev–Trinajstić information content (AvgIpc) is 3.05. The van der Waals surface area contributed by atoms with Crippen LogP contribution in [0.1, 0.15) is 21.5 Å². The zero-order chi connectivity index (χ0) is 18.7. The summed E-state index contributed by atoms with van der Waals surface area (Å²) >= 11 is 0.727. The maximum Gasteiger partial charge on any atom is 0.345 e. The van der Waals surface area contributed by atoms with Crippen LogP contribution in [0.5, 0.6) is 0 Å². The van der Waals surface area contributed by atoms with Crippen molar-refractivity contribution in [3.05, 3.63) is 86.0 Å². The van der Waals surface area contributed by atoms with Crippen LogP contribution in [0.15, 0.2) is 53.6 Å². The third-order valence-corrected chi connectivity index (χ3v) is 4.46. The van der Waals surface area contributed by atoms with Crippen molar-refractivity contribution in [2.45, 2.75) is 13.5 Å². The summed E-state index contributed by atoms with van der Waals surface area (Å²) in [4.78, 5) is 38.8. The van der Waals surface area contributed by atoms with Gasteiger partial charge in [-0.3, -0.25) is 25.0 Å². The highest BCUT2D eigenvalue weighted by molar-refractivity contribution is 7.18. The van der Waals surface area contributed by atoms with Gasteiger partial charge in [-0.2, -0.15) is 0 Å². The quantitative estimate of drug-likeness (QED) is 0.549. The summed E-state index contributed by atoms with van der Waals surface area (Å²) < 4.78 is 1.44. The average molecular weight is 370 g/mol. The number of carbonyl (C=O) groups excluding carboxylic acids is 1. The van der Waals surface area contributed by atoms with E-state index in [-0.39, 0.29) is 15.7 Å². The summed E-state index contributed by atoms with van der Waals surface area (Å²) in [6.45, 7) is 2.30. The molecule has 0 bridgehead atoms. The second kappa shape index (κ2) is 7.28. The highest BCUT2D eigenvalue weighted by Gasteiger charge is 2.17. The number of aromatic nitrogens is 2. The number of rotatable bonds is 5. The fraction of sp³-hybridized carbons (Fsp3) is 0.118. The fourth-order valence-corrected chi connectivity index (χ4v) is 3.04. The second-order valence-electron chi connectivity index (χ2n) is 5.56. The van der Waals surface area contributed by atoms with Gasteiger partial charge in [0, 0.05) is 6.20 Å². The molecule has 0 atom stereocenters. The van der Waals surface area contributed by atoms with E-state index in [0.717, 1.165) is 28.7 Å². The van der Waals surface area contributed by atoms with Gasteiger partial charge in [-0.15, -0.1) is 0 Å². The number of hydrogen-bond donors (Lipinski definition) is 1. The zero-order valence-corrected chi connectivity index (χ0v) is 14.5. The van der Waals surface area contributed by atoms with Crippen LogP contribution in [0.2, 0.25) is 0 Å². The first-order valence-corrected chi connectivity index (χ1v) is 8.42. The minimum Gasteiger partial charge on any atom is -0.310 e. The van der Waals surface area contributed by atoms with Gasteiger partial charge in [-0.25, -0.2) is 4.98 Å². The fourth-order valence-electron chi connectivity index (χ4n) is 2.41. The summed E-state index contributed by atoms with van der Waals surface area (Å²) in [7, 11) is 0. The minimum atomic E-state index is -0.655. The van der Waals surface area contributed by atoms with Crippen LogP contribution in [0.3, 0.4) is 0 Å². The predicted octanol–water partition coefficient (Wildman–Crippen LogP) is 2.82. The number of nitrogens with one attached hydrogen (secondary N) is 1. The van der Waals surface area contributed by atoms with Crippen LogP contribution in [0.4, 0.5) is 10.1 Å². The molecule has 0 spiro atoms. The molecule has 3 aromatic rings. The predicted molar refractivity (Wildman–Crippen MR) is 97.7 cm³/mol. The lowest BCUT2D eigenvalue weighted by Gasteiger charge is -2.08. The number of carbonyl (C=O) groups is 1. The summed E-state index contributed by atoms with van der Waals surface area (Å²) in [5.74, 6) is -0.655. The van der Waals surface area contributed by atoms with E-state index < -0.39 is 16.4 Å². The van der Waals surface area contributed by atoms with Gasteiger partial charge in [0.05, 0.1) is 11.5 Å². The molecule has 0 saturated carbocycles. The molecule has 1 N–H and O–H groups in total. The van der Waals surface area contributed by atoms with E-state index in [2.05, 4.69) is 10.3 Å². The molecule has 26 heavy (non-hydrogen) atoms. The topological polar surface area (TPSA) is 107 Å². The van der Waals surface area contributed by atoms with Crippen molar-refractivity contribution in [3.8, 4) is 0 Å². The molecule has 2 aromatic heterocycles. The number of hydrogen-bond acceptors (Lipinski definition) is 6. The lowest BCUT2D eigenvalue weighted by molar-refractivity contribution is -0.380. The number of nitrogens with zero attached hydrogens (tertiary/aromatic N) is 3. The van der Waals surface area contributed by atoms with Crippen molar-refractivity contribution >= 4 is 27.4 Å². The van der Waals surface area contributed by atoms with Crippen LogP contribution >= 0.6 is 11.3 Å². The Morgan fingerprint density at radius 3 is 2.85 bits per heavy atom. The zero-order valence-electron chi connectivity index (χ0n) is 13.7. The van der Waals surface area contributed by atoms with Crippen molar-refractivity contribution in [1.82, 2.24) is 9.55 Å². The third-order valence-electron chi connectivity index (χ3n) is 3.59. The summed E-state index contributed by atoms with van der Waals surface area (Å²) in [5.41, 5.74) is 1.52. The molecule has 8 nitrogen and oxygen atoms in total. The van der Waals surface area contributed by atoms with Gasteiger partial charge in [0.1, 0.15) is 11.8 Å². The van der Waals surface area contributed by atoms with Crippen LogP contribution in [-0.2, 0) is 6.54 Å². The van der Waals surface area contributed by atoms with E-state index in [1.54, 1.807) is 12.3 Å². The highest BCUT2D eigenvalue weighted by atomic mass is 32.1. The Hall–Kier alpha value is -3.33. The molecule has 3 rings (SSSR count). The smallest absolute Gasteiger partial charge is 0.310 e. The Labute approximate surface area is 151 Å². The van der Waals surface area contributed by atoms with Crippen LogP contribution in [-0.4, -0.2) is 20.4 Å². The van der Waals surface area contributed by atoms with E-state index >= 15 is 0 Å². The van der Waals surface area contributed by atoms with Gasteiger partial charge in [-0.05, 0) is 36.0 Å². The van der Waals surface area contributed by atoms with Crippen molar-refractivity contribution < 1.29 is 9.72 Å². The van der Waals surface area contributed by atoms with Crippen LogP contribution < -0.4 is 10.9 Å². The third kappa shape index (κ3) is 3.83. The summed E-state index contributed by atoms with van der Waals surface area (Å²) in [6.07, 6.45) is 2.66. The second-order valence-corrected chi connectivity index (χ2v) is 6.57. The molecule has 9 heteroatoms. The molecule has 0 aliphatic rings. The maximum atomic E-state index is 12.6. The van der Waals surface area contributed by atoms with Crippen molar-refractivity contribution in [2.75, 3.05) is 5.32 Å². The van der Waals surface area contributed by atoms with Crippen LogP contribution in [0.25, 0.3) is 0 Å². The molecule has 0 radical (unpaired) electrons. The van der Waals surface area contributed by atoms with Crippen molar-refractivity contribution in [1.29, 1.82) is 0 Å². The molecule has 0 saturated heterocycles. The number of aryl methyl sites for hydroxylation is 1. The van der Waals surface area contributed by atoms with Gasteiger partial charge >= 0.3 is 5.00 Å². The van der Waals surface area contributed by atoms with E-state index in [9.17, 15) is 19.7 Å². The van der Waals surface area contributed by atoms with Gasteiger partial charge in [0.25, 0.3) is 11.5 Å². The molecule has 1 aromatic carbocycles. The monoisotopic (exact) mass is 370 g/mol. The Morgan fingerprint density at radius 2 is 2.15 bits per heavy atom. The van der Waals surface area contributed by atoms with Gasteiger partial charge in [-0.1, -0.05) is 29.8 Å². The maximum absolute atomic E-state index is 12.6. The van der Waals surface area contributed by atoms with E-state index in [0.29, 0.717) is 6.54 Å². The number of pyridine rings is 1. The number of nitro groups is 1.